The summed E-state index contributed by atoms with van der Waals surface area (Å²) in [6.45, 7) is 0.845. The van der Waals surface area contributed by atoms with Crippen LogP contribution in [-0.4, -0.2) is 30.0 Å². The minimum atomic E-state index is -0.0750. The Hall–Kier alpha value is -1.79. The van der Waals surface area contributed by atoms with Crippen LogP contribution in [-0.2, 0) is 13.1 Å². The Morgan fingerprint density at radius 1 is 1.35 bits per heavy atom. The van der Waals surface area contributed by atoms with Crippen molar-refractivity contribution in [3.8, 4) is 11.5 Å². The van der Waals surface area contributed by atoms with Crippen molar-refractivity contribution in [2.75, 3.05) is 14.2 Å². The standard InChI is InChI=1S/C16H14BrClN2O3/c1-22-10-4-3-9(13(5-10)23-2)7-20-8-11-14(16(20)21)12(17)6-19-15(11)18/h3-6H,7-8H2,1-2H3. The predicted octanol–water partition coefficient (Wildman–Crippen LogP) is 3.67. The molecule has 0 aliphatic carbocycles. The molecule has 0 radical (unpaired) electrons. The zero-order chi connectivity index (χ0) is 16.6. The fourth-order valence-electron chi connectivity index (χ4n) is 2.62. The maximum atomic E-state index is 12.6. The van der Waals surface area contributed by atoms with Crippen LogP contribution in [0.25, 0.3) is 0 Å². The minimum absolute atomic E-state index is 0.0750. The van der Waals surface area contributed by atoms with Gasteiger partial charge in [0.05, 0.1) is 26.3 Å². The van der Waals surface area contributed by atoms with Crippen molar-refractivity contribution in [1.29, 1.82) is 0 Å². The van der Waals surface area contributed by atoms with Gasteiger partial charge in [0, 0.05) is 34.4 Å². The first-order chi connectivity index (χ1) is 11.0. The maximum absolute atomic E-state index is 12.6. The second-order valence-corrected chi connectivity index (χ2v) is 6.30. The number of hydrogen-bond donors (Lipinski definition) is 0. The lowest BCUT2D eigenvalue weighted by atomic mass is 10.1. The number of carbonyl (C=O) groups is 1. The van der Waals surface area contributed by atoms with Gasteiger partial charge in [-0.25, -0.2) is 4.98 Å². The van der Waals surface area contributed by atoms with E-state index < -0.39 is 0 Å². The van der Waals surface area contributed by atoms with Crippen LogP contribution in [0.15, 0.2) is 28.9 Å². The fourth-order valence-corrected chi connectivity index (χ4v) is 3.33. The quantitative estimate of drug-likeness (QED) is 0.739. The molecule has 0 saturated heterocycles. The van der Waals surface area contributed by atoms with Crippen LogP contribution < -0.4 is 9.47 Å². The molecule has 0 bridgehead atoms. The van der Waals surface area contributed by atoms with Gasteiger partial charge in [0.1, 0.15) is 16.7 Å². The Labute approximate surface area is 147 Å². The Morgan fingerprint density at radius 2 is 2.13 bits per heavy atom. The third kappa shape index (κ3) is 2.88. The first kappa shape index (κ1) is 16.1. The molecular weight excluding hydrogens is 384 g/mol. The van der Waals surface area contributed by atoms with E-state index >= 15 is 0 Å². The number of aromatic nitrogens is 1. The summed E-state index contributed by atoms with van der Waals surface area (Å²) < 4.78 is 11.2. The Bertz CT molecular complexity index is 782. The van der Waals surface area contributed by atoms with Gasteiger partial charge in [-0.05, 0) is 28.1 Å². The van der Waals surface area contributed by atoms with Gasteiger partial charge in [0.25, 0.3) is 5.91 Å². The molecule has 7 heteroatoms. The fraction of sp³-hybridized carbons (Fsp3) is 0.250. The van der Waals surface area contributed by atoms with Crippen molar-refractivity contribution < 1.29 is 14.3 Å². The highest BCUT2D eigenvalue weighted by molar-refractivity contribution is 9.10. The summed E-state index contributed by atoms with van der Waals surface area (Å²) in [6, 6.07) is 5.53. The van der Waals surface area contributed by atoms with Gasteiger partial charge in [-0.3, -0.25) is 4.79 Å². The first-order valence-corrected chi connectivity index (χ1v) is 8.05. The molecule has 1 aliphatic heterocycles. The van der Waals surface area contributed by atoms with Crippen LogP contribution in [0.1, 0.15) is 21.5 Å². The Balaban J connectivity index is 1.90. The first-order valence-electron chi connectivity index (χ1n) is 6.88. The largest absolute Gasteiger partial charge is 0.497 e. The van der Waals surface area contributed by atoms with E-state index in [1.807, 2.05) is 12.1 Å². The van der Waals surface area contributed by atoms with Crippen molar-refractivity contribution in [2.24, 2.45) is 0 Å². The molecule has 1 amide bonds. The van der Waals surface area contributed by atoms with E-state index in [1.165, 1.54) is 0 Å². The molecular formula is C16H14BrClN2O3. The number of halogens is 2. The monoisotopic (exact) mass is 396 g/mol. The topological polar surface area (TPSA) is 51.7 Å². The molecule has 1 aromatic heterocycles. The summed E-state index contributed by atoms with van der Waals surface area (Å²) in [5.41, 5.74) is 2.23. The average molecular weight is 398 g/mol. The highest BCUT2D eigenvalue weighted by atomic mass is 79.9. The zero-order valence-electron chi connectivity index (χ0n) is 12.6. The number of carbonyl (C=O) groups excluding carboxylic acids is 1. The Morgan fingerprint density at radius 3 is 2.78 bits per heavy atom. The van der Waals surface area contributed by atoms with E-state index in [1.54, 1.807) is 31.4 Å². The molecule has 0 saturated carbocycles. The van der Waals surface area contributed by atoms with E-state index in [9.17, 15) is 4.79 Å². The minimum Gasteiger partial charge on any atom is -0.497 e. The zero-order valence-corrected chi connectivity index (χ0v) is 14.9. The molecule has 2 aromatic rings. The second kappa shape index (κ2) is 6.37. The van der Waals surface area contributed by atoms with Gasteiger partial charge in [-0.1, -0.05) is 11.6 Å². The normalized spacial score (nSPS) is 13.2. The van der Waals surface area contributed by atoms with Gasteiger partial charge >= 0.3 is 0 Å². The molecule has 3 rings (SSSR count). The molecule has 5 nitrogen and oxygen atoms in total. The van der Waals surface area contributed by atoms with E-state index in [0.29, 0.717) is 39.8 Å². The average Bonchev–Trinajstić information content (AvgIpc) is 2.89. The van der Waals surface area contributed by atoms with Crippen LogP contribution in [0, 0.1) is 0 Å². The molecule has 23 heavy (non-hydrogen) atoms. The highest BCUT2D eigenvalue weighted by Gasteiger charge is 2.32. The number of pyridine rings is 1. The molecule has 0 spiro atoms. The molecule has 2 heterocycles. The van der Waals surface area contributed by atoms with Crippen LogP contribution in [0.4, 0.5) is 0 Å². The van der Waals surface area contributed by atoms with Crippen molar-refractivity contribution in [1.82, 2.24) is 9.88 Å². The van der Waals surface area contributed by atoms with Crippen molar-refractivity contribution >= 4 is 33.4 Å². The molecule has 0 unspecified atom stereocenters. The lowest BCUT2D eigenvalue weighted by Gasteiger charge is -2.18. The van der Waals surface area contributed by atoms with Crippen LogP contribution >= 0.6 is 27.5 Å². The summed E-state index contributed by atoms with van der Waals surface area (Å²) in [4.78, 5) is 18.4. The van der Waals surface area contributed by atoms with Crippen molar-refractivity contribution in [2.45, 2.75) is 13.1 Å². The smallest absolute Gasteiger partial charge is 0.256 e. The number of benzene rings is 1. The number of methoxy groups -OCH3 is 2. The number of hydrogen-bond acceptors (Lipinski definition) is 4. The number of fused-ring (bicyclic) bond motifs is 1. The van der Waals surface area contributed by atoms with E-state index in [4.69, 9.17) is 21.1 Å². The number of ether oxygens (including phenoxy) is 2. The van der Waals surface area contributed by atoms with Gasteiger partial charge < -0.3 is 14.4 Å². The van der Waals surface area contributed by atoms with Crippen molar-refractivity contribution in [3.63, 3.8) is 0 Å². The molecule has 0 fully saturated rings. The maximum Gasteiger partial charge on any atom is 0.256 e. The third-order valence-corrected chi connectivity index (χ3v) is 4.71. The van der Waals surface area contributed by atoms with Crippen molar-refractivity contribution in [3.05, 3.63) is 50.7 Å². The van der Waals surface area contributed by atoms with E-state index in [-0.39, 0.29) is 5.91 Å². The second-order valence-electron chi connectivity index (χ2n) is 5.09. The molecule has 1 aliphatic rings. The molecule has 120 valence electrons. The predicted molar refractivity (Wildman–Crippen MR) is 90.1 cm³/mol. The van der Waals surface area contributed by atoms with Gasteiger partial charge in [-0.2, -0.15) is 0 Å². The van der Waals surface area contributed by atoms with E-state index in [2.05, 4.69) is 20.9 Å². The Kier molecular flexibility index (Phi) is 4.46. The van der Waals surface area contributed by atoms with E-state index in [0.717, 1.165) is 11.1 Å². The summed E-state index contributed by atoms with van der Waals surface area (Å²) in [5.74, 6) is 1.31. The lowest BCUT2D eigenvalue weighted by molar-refractivity contribution is 0.0765. The van der Waals surface area contributed by atoms with Crippen LogP contribution in [0.5, 0.6) is 11.5 Å². The number of rotatable bonds is 4. The summed E-state index contributed by atoms with van der Waals surface area (Å²) >= 11 is 9.49. The van der Waals surface area contributed by atoms with Gasteiger partial charge in [-0.15, -0.1) is 0 Å². The number of nitrogens with zero attached hydrogens (tertiary/aromatic N) is 2. The molecule has 0 N–H and O–H groups in total. The molecule has 1 aromatic carbocycles. The SMILES string of the molecule is COc1ccc(CN2Cc3c(Cl)ncc(Br)c3C2=O)c(OC)c1. The summed E-state index contributed by atoms with van der Waals surface area (Å²) in [6.07, 6.45) is 1.55. The number of amides is 1. The summed E-state index contributed by atoms with van der Waals surface area (Å²) in [7, 11) is 3.19. The van der Waals surface area contributed by atoms with Crippen LogP contribution in [0.3, 0.4) is 0 Å². The highest BCUT2D eigenvalue weighted by Crippen LogP contribution is 2.35. The third-order valence-electron chi connectivity index (χ3n) is 3.79. The van der Waals surface area contributed by atoms with Crippen LogP contribution in [0.2, 0.25) is 5.15 Å². The van der Waals surface area contributed by atoms with Gasteiger partial charge in [0.15, 0.2) is 0 Å². The molecule has 0 atom stereocenters. The van der Waals surface area contributed by atoms with Gasteiger partial charge in [0.2, 0.25) is 0 Å². The summed E-state index contributed by atoms with van der Waals surface area (Å²) in [5, 5.41) is 0.362. The lowest BCUT2D eigenvalue weighted by Crippen LogP contribution is -2.23.